The first-order chi connectivity index (χ1) is 10.5. The molecule has 0 radical (unpaired) electrons. The standard InChI is InChI=1S/C14H23ClF3NO3Si/c1-23(2,3)10-9-22-12(20)11(7-5-4-6-8-15)19-13(21)14(16,17)18/h7H,4-6,8-10H2,1-3H3,(H,19,21)/b11-7+. The molecule has 0 heterocycles. The van der Waals surface area contributed by atoms with Gasteiger partial charge in [0, 0.05) is 14.0 Å². The molecule has 0 rings (SSSR count). The van der Waals surface area contributed by atoms with Crippen molar-refractivity contribution >= 4 is 31.6 Å². The van der Waals surface area contributed by atoms with Crippen molar-refractivity contribution in [3.63, 3.8) is 0 Å². The van der Waals surface area contributed by atoms with Crippen molar-refractivity contribution in [2.24, 2.45) is 0 Å². The summed E-state index contributed by atoms with van der Waals surface area (Å²) in [5.74, 6) is -2.73. The second-order valence-electron chi connectivity index (χ2n) is 6.20. The molecule has 0 aliphatic carbocycles. The van der Waals surface area contributed by atoms with Gasteiger partial charge in [-0.05, 0) is 25.3 Å². The highest BCUT2D eigenvalue weighted by Gasteiger charge is 2.39. The number of hydrogen-bond donors (Lipinski definition) is 1. The van der Waals surface area contributed by atoms with Crippen LogP contribution in [-0.2, 0) is 14.3 Å². The van der Waals surface area contributed by atoms with Crippen molar-refractivity contribution in [3.8, 4) is 0 Å². The Hall–Kier alpha value is -1.02. The highest BCUT2D eigenvalue weighted by atomic mass is 35.5. The molecule has 0 aliphatic rings. The van der Waals surface area contributed by atoms with E-state index in [-0.39, 0.29) is 6.61 Å². The molecule has 0 spiro atoms. The topological polar surface area (TPSA) is 55.4 Å². The van der Waals surface area contributed by atoms with E-state index in [4.69, 9.17) is 16.3 Å². The maximum atomic E-state index is 12.3. The highest BCUT2D eigenvalue weighted by Crippen LogP contribution is 2.16. The van der Waals surface area contributed by atoms with Crippen molar-refractivity contribution in [1.29, 1.82) is 0 Å². The van der Waals surface area contributed by atoms with Gasteiger partial charge < -0.3 is 10.1 Å². The fourth-order valence-corrected chi connectivity index (χ4v) is 2.29. The predicted molar refractivity (Wildman–Crippen MR) is 86.0 cm³/mol. The minimum atomic E-state index is -5.06. The minimum Gasteiger partial charge on any atom is -0.461 e. The fourth-order valence-electron chi connectivity index (χ4n) is 1.39. The van der Waals surface area contributed by atoms with Crippen LogP contribution in [0.25, 0.3) is 0 Å². The molecule has 0 unspecified atom stereocenters. The molecule has 0 atom stereocenters. The molecule has 1 amide bonds. The summed E-state index contributed by atoms with van der Waals surface area (Å²) in [6.45, 7) is 6.36. The Balaban J connectivity index is 4.76. The second-order valence-corrected chi connectivity index (χ2v) is 12.2. The number of amides is 1. The zero-order valence-electron chi connectivity index (χ0n) is 13.6. The Morgan fingerprint density at radius 2 is 1.83 bits per heavy atom. The van der Waals surface area contributed by atoms with E-state index in [1.54, 1.807) is 5.32 Å². The monoisotopic (exact) mass is 373 g/mol. The molecule has 4 nitrogen and oxygen atoms in total. The maximum Gasteiger partial charge on any atom is 0.471 e. The van der Waals surface area contributed by atoms with Gasteiger partial charge in [0.15, 0.2) is 0 Å². The van der Waals surface area contributed by atoms with E-state index in [2.05, 4.69) is 19.6 Å². The number of carbonyl (C=O) groups is 2. The van der Waals surface area contributed by atoms with E-state index >= 15 is 0 Å². The number of nitrogens with one attached hydrogen (secondary N) is 1. The van der Waals surface area contributed by atoms with Crippen molar-refractivity contribution in [2.45, 2.75) is 51.1 Å². The van der Waals surface area contributed by atoms with Gasteiger partial charge in [0.1, 0.15) is 5.70 Å². The summed E-state index contributed by atoms with van der Waals surface area (Å²) in [6, 6.07) is 0.686. The van der Waals surface area contributed by atoms with Crippen LogP contribution < -0.4 is 5.32 Å². The highest BCUT2D eigenvalue weighted by molar-refractivity contribution is 6.76. The summed E-state index contributed by atoms with van der Waals surface area (Å²) in [7, 11) is -1.44. The van der Waals surface area contributed by atoms with E-state index in [9.17, 15) is 22.8 Å². The Bertz CT molecular complexity index is 434. The molecule has 0 saturated heterocycles. The lowest BCUT2D eigenvalue weighted by atomic mass is 10.2. The first-order valence-electron chi connectivity index (χ1n) is 7.29. The molecule has 0 bridgehead atoms. The van der Waals surface area contributed by atoms with E-state index in [1.165, 1.54) is 6.08 Å². The van der Waals surface area contributed by atoms with Gasteiger partial charge in [0.2, 0.25) is 0 Å². The van der Waals surface area contributed by atoms with E-state index in [0.29, 0.717) is 31.2 Å². The average Bonchev–Trinajstić information content (AvgIpc) is 2.39. The van der Waals surface area contributed by atoms with Crippen LogP contribution in [0.3, 0.4) is 0 Å². The molecule has 0 aliphatic heterocycles. The lowest BCUT2D eigenvalue weighted by Gasteiger charge is -2.16. The molecule has 0 aromatic heterocycles. The van der Waals surface area contributed by atoms with Gasteiger partial charge in [-0.1, -0.05) is 25.7 Å². The molecule has 0 fully saturated rings. The first-order valence-corrected chi connectivity index (χ1v) is 11.5. The number of rotatable bonds is 9. The minimum absolute atomic E-state index is 0.120. The van der Waals surface area contributed by atoms with Gasteiger partial charge in [-0.25, -0.2) is 4.79 Å². The predicted octanol–water partition coefficient (Wildman–Crippen LogP) is 3.84. The number of hydrogen-bond acceptors (Lipinski definition) is 3. The van der Waals surface area contributed by atoms with E-state index < -0.39 is 31.8 Å². The second kappa shape index (κ2) is 9.97. The Kier molecular flexibility index (Phi) is 9.53. The third-order valence-corrected chi connectivity index (χ3v) is 4.72. The number of carbonyl (C=O) groups excluding carboxylic acids is 2. The maximum absolute atomic E-state index is 12.3. The summed E-state index contributed by atoms with van der Waals surface area (Å²) in [4.78, 5) is 22.9. The van der Waals surface area contributed by atoms with Crippen LogP contribution in [0.5, 0.6) is 0 Å². The van der Waals surface area contributed by atoms with E-state index in [0.717, 1.165) is 0 Å². The van der Waals surface area contributed by atoms with Crippen LogP contribution in [0.4, 0.5) is 13.2 Å². The first kappa shape index (κ1) is 22.0. The molecule has 0 saturated carbocycles. The zero-order valence-corrected chi connectivity index (χ0v) is 15.3. The third kappa shape index (κ3) is 11.2. The lowest BCUT2D eigenvalue weighted by molar-refractivity contribution is -0.173. The molecule has 0 aromatic rings. The number of unbranched alkanes of at least 4 members (excludes halogenated alkanes) is 2. The zero-order chi connectivity index (χ0) is 18.1. The fraction of sp³-hybridized carbons (Fsp3) is 0.714. The summed E-state index contributed by atoms with van der Waals surface area (Å²) >= 11 is 5.51. The Morgan fingerprint density at radius 3 is 2.30 bits per heavy atom. The van der Waals surface area contributed by atoms with Gasteiger partial charge in [0.25, 0.3) is 0 Å². The van der Waals surface area contributed by atoms with Gasteiger partial charge >= 0.3 is 18.1 Å². The molecule has 1 N–H and O–H groups in total. The molecular formula is C14H23ClF3NO3Si. The van der Waals surface area contributed by atoms with Crippen LogP contribution in [0.1, 0.15) is 19.3 Å². The molecular weight excluding hydrogens is 351 g/mol. The summed E-state index contributed by atoms with van der Waals surface area (Å²) < 4.78 is 41.9. The normalized spacial score (nSPS) is 12.9. The quantitative estimate of drug-likeness (QED) is 0.220. The average molecular weight is 374 g/mol. The number of ether oxygens (including phenoxy) is 1. The van der Waals surface area contributed by atoms with Crippen molar-refractivity contribution < 1.29 is 27.5 Å². The molecule has 23 heavy (non-hydrogen) atoms. The summed E-state index contributed by atoms with van der Waals surface area (Å²) in [6.07, 6.45) is -2.25. The van der Waals surface area contributed by atoms with Crippen molar-refractivity contribution in [2.75, 3.05) is 12.5 Å². The smallest absolute Gasteiger partial charge is 0.461 e. The van der Waals surface area contributed by atoms with Gasteiger partial charge in [-0.2, -0.15) is 13.2 Å². The van der Waals surface area contributed by atoms with Crippen LogP contribution in [0.15, 0.2) is 11.8 Å². The summed E-state index contributed by atoms with van der Waals surface area (Å²) in [5.41, 5.74) is -0.475. The Morgan fingerprint density at radius 1 is 1.22 bits per heavy atom. The van der Waals surface area contributed by atoms with Crippen LogP contribution in [0, 0.1) is 0 Å². The Labute approximate surface area is 140 Å². The molecule has 9 heteroatoms. The number of alkyl halides is 4. The lowest BCUT2D eigenvalue weighted by Crippen LogP contribution is -2.38. The van der Waals surface area contributed by atoms with Gasteiger partial charge in [-0.3, -0.25) is 4.79 Å². The van der Waals surface area contributed by atoms with Gasteiger partial charge in [-0.15, -0.1) is 11.6 Å². The van der Waals surface area contributed by atoms with Crippen LogP contribution >= 0.6 is 11.6 Å². The SMILES string of the molecule is C[Si](C)(C)CCOC(=O)/C(=C\CCCCCl)NC(=O)C(F)(F)F. The number of esters is 1. The van der Waals surface area contributed by atoms with E-state index in [1.807, 2.05) is 0 Å². The summed E-state index contributed by atoms with van der Waals surface area (Å²) in [5, 5.41) is 1.58. The van der Waals surface area contributed by atoms with Gasteiger partial charge in [0.05, 0.1) is 6.61 Å². The largest absolute Gasteiger partial charge is 0.471 e. The molecule has 0 aromatic carbocycles. The van der Waals surface area contributed by atoms with Crippen molar-refractivity contribution in [3.05, 3.63) is 11.8 Å². The third-order valence-electron chi connectivity index (χ3n) is 2.75. The van der Waals surface area contributed by atoms with Crippen LogP contribution in [0.2, 0.25) is 25.7 Å². The molecule has 134 valence electrons. The number of halogens is 4. The van der Waals surface area contributed by atoms with Crippen LogP contribution in [-0.4, -0.2) is 38.6 Å². The van der Waals surface area contributed by atoms with Crippen molar-refractivity contribution in [1.82, 2.24) is 5.32 Å². The number of allylic oxidation sites excluding steroid dienone is 1.